The first-order chi connectivity index (χ1) is 10.8. The molecule has 8 nitrogen and oxygen atoms in total. The average molecular weight is 344 g/mol. The summed E-state index contributed by atoms with van der Waals surface area (Å²) in [4.78, 5) is 36.9. The molecule has 1 aliphatic heterocycles. The number of carboxylic acids is 1. The number of alkyl carbamates (subject to hydrolysis) is 1. The number of carbonyl (C=O) groups excluding carboxylic acids is 2. The molecule has 1 aliphatic rings. The molecular weight excluding hydrogens is 316 g/mol. The molecule has 0 spiro atoms. The molecule has 0 aliphatic carbocycles. The molecule has 0 aromatic carbocycles. The minimum Gasteiger partial charge on any atom is -0.481 e. The monoisotopic (exact) mass is 344 g/mol. The van der Waals surface area contributed by atoms with E-state index in [1.54, 1.807) is 41.5 Å². The Labute approximate surface area is 142 Å². The highest BCUT2D eigenvalue weighted by Crippen LogP contribution is 2.21. The van der Waals surface area contributed by atoms with Crippen molar-refractivity contribution >= 4 is 18.2 Å². The fourth-order valence-electron chi connectivity index (χ4n) is 2.35. The van der Waals surface area contributed by atoms with E-state index >= 15 is 0 Å². The molecule has 2 unspecified atom stereocenters. The number of carboxylic acid groups (broad SMARTS) is 1. The van der Waals surface area contributed by atoms with Gasteiger partial charge in [-0.15, -0.1) is 0 Å². The molecule has 1 rings (SSSR count). The number of hydrogen-bond donors (Lipinski definition) is 2. The Morgan fingerprint density at radius 2 is 1.58 bits per heavy atom. The number of nitrogens with zero attached hydrogens (tertiary/aromatic N) is 1. The van der Waals surface area contributed by atoms with Crippen LogP contribution >= 0.6 is 0 Å². The second kappa shape index (κ2) is 7.27. The summed E-state index contributed by atoms with van der Waals surface area (Å²) in [5.74, 6) is -1.80. The van der Waals surface area contributed by atoms with Crippen LogP contribution in [0.4, 0.5) is 9.59 Å². The van der Waals surface area contributed by atoms with Gasteiger partial charge in [0, 0.05) is 13.1 Å². The van der Waals surface area contributed by atoms with E-state index in [0.717, 1.165) is 0 Å². The van der Waals surface area contributed by atoms with Crippen LogP contribution in [0.1, 0.15) is 48.0 Å². The number of amides is 2. The summed E-state index contributed by atoms with van der Waals surface area (Å²) in [6.07, 6.45) is -0.998. The molecule has 1 heterocycles. The number of hydrogen-bond acceptors (Lipinski definition) is 5. The van der Waals surface area contributed by atoms with Gasteiger partial charge >= 0.3 is 18.2 Å². The van der Waals surface area contributed by atoms with Gasteiger partial charge in [0.15, 0.2) is 0 Å². The summed E-state index contributed by atoms with van der Waals surface area (Å²) >= 11 is 0. The van der Waals surface area contributed by atoms with Crippen molar-refractivity contribution in [1.29, 1.82) is 0 Å². The van der Waals surface area contributed by atoms with Crippen LogP contribution in [0, 0.1) is 5.92 Å². The highest BCUT2D eigenvalue weighted by molar-refractivity contribution is 5.75. The predicted octanol–water partition coefficient (Wildman–Crippen LogP) is 2.22. The van der Waals surface area contributed by atoms with Crippen molar-refractivity contribution in [3.05, 3.63) is 0 Å². The highest BCUT2D eigenvalue weighted by Gasteiger charge is 2.38. The van der Waals surface area contributed by atoms with Crippen molar-refractivity contribution in [3.63, 3.8) is 0 Å². The summed E-state index contributed by atoms with van der Waals surface area (Å²) in [6.45, 7) is 10.7. The zero-order valence-corrected chi connectivity index (χ0v) is 15.2. The predicted molar refractivity (Wildman–Crippen MR) is 86.7 cm³/mol. The first kappa shape index (κ1) is 20.1. The van der Waals surface area contributed by atoms with Gasteiger partial charge in [0.2, 0.25) is 0 Å². The Balaban J connectivity index is 2.78. The van der Waals surface area contributed by atoms with Crippen LogP contribution in [-0.4, -0.2) is 58.5 Å². The number of likely N-dealkylation sites (tertiary alicyclic amines) is 1. The third kappa shape index (κ3) is 6.64. The number of aliphatic carboxylic acids is 1. The van der Waals surface area contributed by atoms with E-state index in [0.29, 0.717) is 0 Å². The van der Waals surface area contributed by atoms with Crippen molar-refractivity contribution in [2.24, 2.45) is 5.92 Å². The Hall–Kier alpha value is -1.99. The number of nitrogens with one attached hydrogen (secondary N) is 1. The average Bonchev–Trinajstić information content (AvgIpc) is 2.33. The first-order valence-corrected chi connectivity index (χ1v) is 7.99. The van der Waals surface area contributed by atoms with Gasteiger partial charge in [0.25, 0.3) is 0 Å². The maximum absolute atomic E-state index is 12.2. The lowest BCUT2D eigenvalue weighted by Crippen LogP contribution is -2.57. The van der Waals surface area contributed by atoms with Crippen molar-refractivity contribution in [2.45, 2.75) is 65.2 Å². The summed E-state index contributed by atoms with van der Waals surface area (Å²) in [6, 6.07) is -0.737. The molecule has 2 N–H and O–H groups in total. The molecule has 138 valence electrons. The van der Waals surface area contributed by atoms with Gasteiger partial charge < -0.3 is 24.8 Å². The smallest absolute Gasteiger partial charge is 0.410 e. The Kier molecular flexibility index (Phi) is 6.08. The maximum atomic E-state index is 12.2. The van der Waals surface area contributed by atoms with Crippen molar-refractivity contribution in [3.8, 4) is 0 Å². The van der Waals surface area contributed by atoms with Crippen LogP contribution in [0.2, 0.25) is 0 Å². The topological polar surface area (TPSA) is 105 Å². The van der Waals surface area contributed by atoms with Gasteiger partial charge in [-0.1, -0.05) is 0 Å². The standard InChI is InChI=1S/C16H28N2O6/c1-15(2,3)23-13(21)17-11-9-18(8-7-10(11)12(19)20)14(22)24-16(4,5)6/h10-11H,7-9H2,1-6H3,(H,17,21)(H,19,20). The van der Waals surface area contributed by atoms with Crippen molar-refractivity contribution in [2.75, 3.05) is 13.1 Å². The van der Waals surface area contributed by atoms with Crippen molar-refractivity contribution in [1.82, 2.24) is 10.2 Å². The largest absolute Gasteiger partial charge is 0.481 e. The van der Waals surface area contributed by atoms with Gasteiger partial charge in [-0.3, -0.25) is 4.79 Å². The van der Waals surface area contributed by atoms with E-state index in [4.69, 9.17) is 9.47 Å². The lowest BCUT2D eigenvalue weighted by atomic mass is 9.92. The quantitative estimate of drug-likeness (QED) is 0.796. The molecule has 0 bridgehead atoms. The normalized spacial score (nSPS) is 21.8. The molecule has 1 saturated heterocycles. The number of rotatable bonds is 2. The first-order valence-electron chi connectivity index (χ1n) is 7.99. The Morgan fingerprint density at radius 1 is 1.04 bits per heavy atom. The number of ether oxygens (including phenoxy) is 2. The maximum Gasteiger partial charge on any atom is 0.410 e. The molecule has 2 atom stereocenters. The third-order valence-corrected chi connectivity index (χ3v) is 3.28. The lowest BCUT2D eigenvalue weighted by Gasteiger charge is -2.37. The Morgan fingerprint density at radius 3 is 2.04 bits per heavy atom. The number of carbonyl (C=O) groups is 3. The number of piperidine rings is 1. The zero-order valence-electron chi connectivity index (χ0n) is 15.2. The van der Waals surface area contributed by atoms with Crippen LogP contribution in [0.25, 0.3) is 0 Å². The molecule has 8 heteroatoms. The molecule has 0 radical (unpaired) electrons. The second-order valence-electron chi connectivity index (χ2n) is 7.91. The van der Waals surface area contributed by atoms with E-state index in [1.165, 1.54) is 4.90 Å². The summed E-state index contributed by atoms with van der Waals surface area (Å²) < 4.78 is 10.5. The molecular formula is C16H28N2O6. The van der Waals surface area contributed by atoms with E-state index < -0.39 is 41.3 Å². The van der Waals surface area contributed by atoms with Gasteiger partial charge in [-0.25, -0.2) is 9.59 Å². The summed E-state index contributed by atoms with van der Waals surface area (Å²) in [5, 5.41) is 11.9. The molecule has 0 aromatic rings. The summed E-state index contributed by atoms with van der Waals surface area (Å²) in [7, 11) is 0. The van der Waals surface area contributed by atoms with Crippen LogP contribution in [0.3, 0.4) is 0 Å². The summed E-state index contributed by atoms with van der Waals surface area (Å²) in [5.41, 5.74) is -1.34. The third-order valence-electron chi connectivity index (χ3n) is 3.28. The van der Waals surface area contributed by atoms with Gasteiger partial charge in [-0.05, 0) is 48.0 Å². The highest BCUT2D eigenvalue weighted by atomic mass is 16.6. The lowest BCUT2D eigenvalue weighted by molar-refractivity contribution is -0.144. The molecule has 1 fully saturated rings. The van der Waals surface area contributed by atoms with Gasteiger partial charge in [0.1, 0.15) is 11.2 Å². The minimum absolute atomic E-state index is 0.0606. The van der Waals surface area contributed by atoms with Crippen LogP contribution in [-0.2, 0) is 14.3 Å². The van der Waals surface area contributed by atoms with E-state index in [-0.39, 0.29) is 19.5 Å². The molecule has 24 heavy (non-hydrogen) atoms. The van der Waals surface area contributed by atoms with E-state index in [9.17, 15) is 19.5 Å². The fraction of sp³-hybridized carbons (Fsp3) is 0.812. The SMILES string of the molecule is CC(C)(C)OC(=O)NC1CN(C(=O)OC(C)(C)C)CCC1C(=O)O. The van der Waals surface area contributed by atoms with Crippen molar-refractivity contribution < 1.29 is 29.0 Å². The van der Waals surface area contributed by atoms with Crippen LogP contribution in [0.15, 0.2) is 0 Å². The van der Waals surface area contributed by atoms with Crippen LogP contribution in [0.5, 0.6) is 0 Å². The van der Waals surface area contributed by atoms with E-state index in [1.807, 2.05) is 0 Å². The van der Waals surface area contributed by atoms with E-state index in [2.05, 4.69) is 5.32 Å². The van der Waals surface area contributed by atoms with Gasteiger partial charge in [-0.2, -0.15) is 0 Å². The Bertz CT molecular complexity index is 492. The zero-order chi connectivity index (χ0) is 18.7. The molecule has 2 amide bonds. The fourth-order valence-corrected chi connectivity index (χ4v) is 2.35. The van der Waals surface area contributed by atoms with Gasteiger partial charge in [0.05, 0.1) is 12.0 Å². The minimum atomic E-state index is -1.01. The van der Waals surface area contributed by atoms with Crippen LogP contribution < -0.4 is 5.32 Å². The second-order valence-corrected chi connectivity index (χ2v) is 7.91. The molecule has 0 aromatic heterocycles. The molecule has 0 saturated carbocycles.